The normalized spacial score (nSPS) is 17.0. The molecule has 25 heavy (non-hydrogen) atoms. The summed E-state index contributed by atoms with van der Waals surface area (Å²) < 4.78 is 0. The molecule has 2 heteroatoms. The molecule has 3 aromatic rings. The lowest BCUT2D eigenvalue weighted by Gasteiger charge is -2.34. The van der Waals surface area contributed by atoms with Crippen LogP contribution < -0.4 is 5.32 Å². The topological polar surface area (TPSA) is 32.3 Å². The molecule has 2 nitrogen and oxygen atoms in total. The Morgan fingerprint density at radius 1 is 0.720 bits per heavy atom. The van der Waals surface area contributed by atoms with Gasteiger partial charge in [0.15, 0.2) is 0 Å². The first-order valence-electron chi connectivity index (χ1n) is 8.63. The zero-order valence-corrected chi connectivity index (χ0v) is 14.0. The molecule has 1 atom stereocenters. The Morgan fingerprint density at radius 3 is 1.72 bits per heavy atom. The molecule has 4 rings (SSSR count). The lowest BCUT2D eigenvalue weighted by Crippen LogP contribution is -2.37. The van der Waals surface area contributed by atoms with E-state index in [2.05, 4.69) is 23.5 Å². The highest BCUT2D eigenvalue weighted by Crippen LogP contribution is 2.40. The van der Waals surface area contributed by atoms with Crippen LogP contribution in [0.1, 0.15) is 16.7 Å². The summed E-state index contributed by atoms with van der Waals surface area (Å²) in [5, 5.41) is 15.3. The van der Waals surface area contributed by atoms with E-state index in [1.165, 1.54) is 0 Å². The summed E-state index contributed by atoms with van der Waals surface area (Å²) in [6.45, 7) is 0.699. The van der Waals surface area contributed by atoms with E-state index < -0.39 is 5.60 Å². The maximum atomic E-state index is 11.8. The first-order chi connectivity index (χ1) is 12.3. The van der Waals surface area contributed by atoms with Crippen molar-refractivity contribution in [3.05, 3.63) is 114 Å². The van der Waals surface area contributed by atoms with Crippen molar-refractivity contribution in [2.24, 2.45) is 5.92 Å². The average molecular weight is 327 g/mol. The Morgan fingerprint density at radius 2 is 1.20 bits per heavy atom. The fourth-order valence-corrected chi connectivity index (χ4v) is 3.60. The summed E-state index contributed by atoms with van der Waals surface area (Å²) in [6, 6.07) is 30.1. The number of nitrogens with one attached hydrogen (secondary N) is 1. The van der Waals surface area contributed by atoms with Crippen LogP contribution in [0.4, 0.5) is 0 Å². The first kappa shape index (κ1) is 15.7. The molecule has 0 fully saturated rings. The zero-order valence-electron chi connectivity index (χ0n) is 14.0. The van der Waals surface area contributed by atoms with E-state index >= 15 is 0 Å². The number of rotatable bonds is 4. The van der Waals surface area contributed by atoms with E-state index in [0.717, 1.165) is 22.4 Å². The summed E-state index contributed by atoms with van der Waals surface area (Å²) >= 11 is 0. The van der Waals surface area contributed by atoms with Crippen LogP contribution in [-0.2, 0) is 5.60 Å². The lowest BCUT2D eigenvalue weighted by molar-refractivity contribution is 0.0407. The van der Waals surface area contributed by atoms with Crippen molar-refractivity contribution in [2.45, 2.75) is 5.60 Å². The Balaban J connectivity index is 1.79. The van der Waals surface area contributed by atoms with Crippen LogP contribution in [0.3, 0.4) is 0 Å². The Hall–Kier alpha value is -2.84. The van der Waals surface area contributed by atoms with E-state index in [4.69, 9.17) is 0 Å². The molecule has 1 aliphatic rings. The van der Waals surface area contributed by atoms with E-state index in [-0.39, 0.29) is 5.92 Å². The predicted octanol–water partition coefficient (Wildman–Crippen LogP) is 4.18. The quantitative estimate of drug-likeness (QED) is 0.753. The minimum atomic E-state index is -1.06. The predicted molar refractivity (Wildman–Crippen MR) is 102 cm³/mol. The van der Waals surface area contributed by atoms with Gasteiger partial charge in [0, 0.05) is 18.2 Å². The molecule has 3 aromatic carbocycles. The van der Waals surface area contributed by atoms with Gasteiger partial charge in [-0.1, -0.05) is 97.1 Å². The standard InChI is InChI=1S/C23H21NO/c25-23(19-12-6-2-7-13-19,20-14-8-3-9-15-20)21-16-22(24-17-21)18-10-4-1-5-11-18/h1-16,21,24-25H,17H2/t21-/m0/s1. The molecule has 1 aliphatic heterocycles. The van der Waals surface area contributed by atoms with Crippen LogP contribution in [0.25, 0.3) is 5.70 Å². The van der Waals surface area contributed by atoms with Crippen LogP contribution in [0, 0.1) is 5.92 Å². The van der Waals surface area contributed by atoms with Crippen molar-refractivity contribution < 1.29 is 5.11 Å². The molecule has 0 amide bonds. The monoisotopic (exact) mass is 327 g/mol. The second-order valence-corrected chi connectivity index (χ2v) is 6.43. The lowest BCUT2D eigenvalue weighted by atomic mass is 9.76. The first-order valence-corrected chi connectivity index (χ1v) is 8.63. The molecule has 0 spiro atoms. The second-order valence-electron chi connectivity index (χ2n) is 6.43. The van der Waals surface area contributed by atoms with Crippen molar-refractivity contribution in [3.8, 4) is 0 Å². The second kappa shape index (κ2) is 6.58. The van der Waals surface area contributed by atoms with Crippen LogP contribution in [0.2, 0.25) is 0 Å². The van der Waals surface area contributed by atoms with Crippen molar-refractivity contribution in [3.63, 3.8) is 0 Å². The molecule has 0 aromatic heterocycles. The smallest absolute Gasteiger partial charge is 0.123 e. The van der Waals surface area contributed by atoms with E-state index in [9.17, 15) is 5.11 Å². The van der Waals surface area contributed by atoms with Gasteiger partial charge in [-0.3, -0.25) is 0 Å². The highest BCUT2D eigenvalue weighted by Gasteiger charge is 2.41. The van der Waals surface area contributed by atoms with Gasteiger partial charge in [-0.15, -0.1) is 0 Å². The van der Waals surface area contributed by atoms with Crippen LogP contribution in [0.5, 0.6) is 0 Å². The minimum absolute atomic E-state index is 0.0486. The van der Waals surface area contributed by atoms with Gasteiger partial charge in [0.05, 0.1) is 0 Å². The van der Waals surface area contributed by atoms with Crippen molar-refractivity contribution >= 4 is 5.70 Å². The van der Waals surface area contributed by atoms with Crippen molar-refractivity contribution in [2.75, 3.05) is 6.54 Å². The Bertz CT molecular complexity index is 817. The van der Waals surface area contributed by atoms with Gasteiger partial charge in [-0.2, -0.15) is 0 Å². The number of hydrogen-bond donors (Lipinski definition) is 2. The van der Waals surface area contributed by atoms with Gasteiger partial charge >= 0.3 is 0 Å². The largest absolute Gasteiger partial charge is 0.384 e. The maximum Gasteiger partial charge on any atom is 0.123 e. The number of hydrogen-bond acceptors (Lipinski definition) is 2. The minimum Gasteiger partial charge on any atom is -0.384 e. The Labute approximate surface area is 148 Å². The molecule has 124 valence electrons. The third kappa shape index (κ3) is 2.86. The van der Waals surface area contributed by atoms with Gasteiger partial charge < -0.3 is 10.4 Å². The third-order valence-electron chi connectivity index (χ3n) is 4.93. The highest BCUT2D eigenvalue weighted by molar-refractivity contribution is 5.66. The number of benzene rings is 3. The van der Waals surface area contributed by atoms with Gasteiger partial charge in [0.2, 0.25) is 0 Å². The molecule has 0 aliphatic carbocycles. The van der Waals surface area contributed by atoms with Gasteiger partial charge in [0.1, 0.15) is 5.60 Å². The fourth-order valence-electron chi connectivity index (χ4n) is 3.60. The van der Waals surface area contributed by atoms with E-state index in [1.54, 1.807) is 0 Å². The summed E-state index contributed by atoms with van der Waals surface area (Å²) in [6.07, 6.45) is 2.16. The van der Waals surface area contributed by atoms with Crippen LogP contribution in [0.15, 0.2) is 97.1 Å². The average Bonchev–Trinajstić information content (AvgIpc) is 3.20. The molecular weight excluding hydrogens is 306 g/mol. The molecule has 0 unspecified atom stereocenters. The van der Waals surface area contributed by atoms with Crippen molar-refractivity contribution in [1.29, 1.82) is 0 Å². The van der Waals surface area contributed by atoms with E-state index in [1.807, 2.05) is 78.9 Å². The summed E-state index contributed by atoms with van der Waals surface area (Å²) in [4.78, 5) is 0. The molecule has 0 radical (unpaired) electrons. The maximum absolute atomic E-state index is 11.8. The third-order valence-corrected chi connectivity index (χ3v) is 4.93. The molecule has 2 N–H and O–H groups in total. The van der Waals surface area contributed by atoms with Crippen LogP contribution in [-0.4, -0.2) is 11.7 Å². The highest BCUT2D eigenvalue weighted by atomic mass is 16.3. The van der Waals surface area contributed by atoms with Crippen molar-refractivity contribution in [1.82, 2.24) is 5.32 Å². The van der Waals surface area contributed by atoms with Crippen LogP contribution >= 0.6 is 0 Å². The molecule has 0 saturated carbocycles. The molecular formula is C23H21NO. The van der Waals surface area contributed by atoms with E-state index in [0.29, 0.717) is 6.54 Å². The molecule has 0 saturated heterocycles. The van der Waals surface area contributed by atoms with Gasteiger partial charge in [-0.25, -0.2) is 0 Å². The van der Waals surface area contributed by atoms with Gasteiger partial charge in [-0.05, 0) is 16.7 Å². The number of aliphatic hydroxyl groups is 1. The molecule has 0 bridgehead atoms. The molecule has 1 heterocycles. The summed E-state index contributed by atoms with van der Waals surface area (Å²) in [5.41, 5.74) is 2.99. The summed E-state index contributed by atoms with van der Waals surface area (Å²) in [7, 11) is 0. The Kier molecular flexibility index (Phi) is 4.12. The zero-order chi connectivity index (χ0) is 17.1. The summed E-state index contributed by atoms with van der Waals surface area (Å²) in [5.74, 6) is -0.0486. The SMILES string of the molecule is OC(c1ccccc1)(c1ccccc1)[C@H]1C=C(c2ccccc2)NC1. The fraction of sp³-hybridized carbons (Fsp3) is 0.130. The van der Waals surface area contributed by atoms with Gasteiger partial charge in [0.25, 0.3) is 0 Å².